The number of para-hydroxylation sites is 1. The van der Waals surface area contributed by atoms with Gasteiger partial charge in [-0.15, -0.1) is 0 Å². The first kappa shape index (κ1) is 12.7. The van der Waals surface area contributed by atoms with Crippen molar-refractivity contribution in [3.8, 4) is 5.69 Å². The zero-order valence-electron chi connectivity index (χ0n) is 9.05. The molecule has 0 saturated heterocycles. The number of oxime groups is 1. The van der Waals surface area contributed by atoms with Crippen molar-refractivity contribution in [1.29, 1.82) is 0 Å². The fourth-order valence-electron chi connectivity index (χ4n) is 1.54. The average Bonchev–Trinajstić information content (AvgIpc) is 2.36. The Balaban J connectivity index is 2.71. The third kappa shape index (κ3) is 2.25. The molecule has 1 heterocycles. The van der Waals surface area contributed by atoms with Crippen LogP contribution in [0.5, 0.6) is 0 Å². The summed E-state index contributed by atoms with van der Waals surface area (Å²) in [4.78, 5) is 12.1. The van der Waals surface area contributed by atoms with E-state index >= 15 is 0 Å². The molecule has 1 aromatic carbocycles. The van der Waals surface area contributed by atoms with E-state index < -0.39 is 5.56 Å². The summed E-state index contributed by atoms with van der Waals surface area (Å²) >= 11 is 11.9. The summed E-state index contributed by atoms with van der Waals surface area (Å²) in [7, 11) is 0. The zero-order valence-corrected chi connectivity index (χ0v) is 10.6. The molecule has 2 rings (SSSR count). The SMILES string of the molecule is O=c1c(/C=N\O)c(Cl)ccn1-c1ccccc1Cl. The van der Waals surface area contributed by atoms with E-state index in [-0.39, 0.29) is 10.6 Å². The fraction of sp³-hybridized carbons (Fsp3) is 0. The van der Waals surface area contributed by atoms with Crippen LogP contribution in [0.3, 0.4) is 0 Å². The van der Waals surface area contributed by atoms with Crippen molar-refractivity contribution in [3.05, 3.63) is 62.5 Å². The predicted molar refractivity (Wildman–Crippen MR) is 71.4 cm³/mol. The number of benzene rings is 1. The Labute approximate surface area is 113 Å². The Morgan fingerprint density at radius 2 is 1.89 bits per heavy atom. The molecule has 0 aliphatic carbocycles. The van der Waals surface area contributed by atoms with Gasteiger partial charge < -0.3 is 5.21 Å². The van der Waals surface area contributed by atoms with Gasteiger partial charge in [0.2, 0.25) is 0 Å². The predicted octanol–water partition coefficient (Wildman–Crippen LogP) is 2.95. The Hall–Kier alpha value is -1.78. The second-order valence-corrected chi connectivity index (χ2v) is 4.26. The van der Waals surface area contributed by atoms with Gasteiger partial charge in [0.05, 0.1) is 27.5 Å². The molecule has 4 nitrogen and oxygen atoms in total. The smallest absolute Gasteiger partial charge is 0.265 e. The Bertz CT molecular complexity index is 665. The van der Waals surface area contributed by atoms with Gasteiger partial charge in [0.1, 0.15) is 0 Å². The Morgan fingerprint density at radius 3 is 2.56 bits per heavy atom. The highest BCUT2D eigenvalue weighted by Crippen LogP contribution is 2.19. The molecule has 0 unspecified atom stereocenters. The number of pyridine rings is 1. The number of rotatable bonds is 2. The molecule has 0 aliphatic rings. The van der Waals surface area contributed by atoms with Gasteiger partial charge in [-0.3, -0.25) is 9.36 Å². The third-order valence-corrected chi connectivity index (χ3v) is 3.02. The Kier molecular flexibility index (Phi) is 3.69. The first-order chi connectivity index (χ1) is 8.65. The molecule has 2 aromatic rings. The highest BCUT2D eigenvalue weighted by Gasteiger charge is 2.10. The maximum Gasteiger partial charge on any atom is 0.265 e. The summed E-state index contributed by atoms with van der Waals surface area (Å²) in [5.41, 5.74) is 0.225. The first-order valence-corrected chi connectivity index (χ1v) is 5.74. The quantitative estimate of drug-likeness (QED) is 0.523. The van der Waals surface area contributed by atoms with E-state index in [4.69, 9.17) is 28.4 Å². The molecule has 0 saturated carbocycles. The molecule has 1 aromatic heterocycles. The van der Waals surface area contributed by atoms with Crippen LogP contribution in [0.15, 0.2) is 46.5 Å². The van der Waals surface area contributed by atoms with Crippen molar-refractivity contribution < 1.29 is 5.21 Å². The second-order valence-electron chi connectivity index (χ2n) is 3.45. The van der Waals surface area contributed by atoms with Crippen LogP contribution >= 0.6 is 23.2 Å². The number of aromatic nitrogens is 1. The van der Waals surface area contributed by atoms with Crippen molar-refractivity contribution in [2.24, 2.45) is 5.16 Å². The molecule has 0 atom stereocenters. The molecular formula is C12H8Cl2N2O2. The summed E-state index contributed by atoms with van der Waals surface area (Å²) in [5.74, 6) is 0. The van der Waals surface area contributed by atoms with Crippen LogP contribution < -0.4 is 5.56 Å². The van der Waals surface area contributed by atoms with Gasteiger partial charge in [-0.2, -0.15) is 0 Å². The van der Waals surface area contributed by atoms with Crippen LogP contribution in [0.2, 0.25) is 10.0 Å². The van der Waals surface area contributed by atoms with E-state index in [1.54, 1.807) is 24.3 Å². The van der Waals surface area contributed by atoms with Gasteiger partial charge in [0.15, 0.2) is 0 Å². The molecule has 6 heteroatoms. The summed E-state index contributed by atoms with van der Waals surface area (Å²) in [6.45, 7) is 0. The molecular weight excluding hydrogens is 275 g/mol. The van der Waals surface area contributed by atoms with Crippen molar-refractivity contribution in [2.75, 3.05) is 0 Å². The van der Waals surface area contributed by atoms with Gasteiger partial charge in [0.25, 0.3) is 5.56 Å². The van der Waals surface area contributed by atoms with Crippen LogP contribution in [0.1, 0.15) is 5.56 Å². The molecule has 0 aliphatic heterocycles. The van der Waals surface area contributed by atoms with E-state index in [1.165, 1.54) is 16.8 Å². The maximum absolute atomic E-state index is 12.1. The number of halogens is 2. The minimum Gasteiger partial charge on any atom is -0.411 e. The van der Waals surface area contributed by atoms with Crippen molar-refractivity contribution in [3.63, 3.8) is 0 Å². The van der Waals surface area contributed by atoms with Crippen LogP contribution in [-0.4, -0.2) is 16.0 Å². The lowest BCUT2D eigenvalue weighted by molar-refractivity contribution is 0.322. The lowest BCUT2D eigenvalue weighted by Gasteiger charge is -2.08. The topological polar surface area (TPSA) is 54.6 Å². The number of hydrogen-bond acceptors (Lipinski definition) is 3. The first-order valence-electron chi connectivity index (χ1n) is 4.98. The maximum atomic E-state index is 12.1. The van der Waals surface area contributed by atoms with Gasteiger partial charge in [0, 0.05) is 6.20 Å². The van der Waals surface area contributed by atoms with Crippen LogP contribution in [0.4, 0.5) is 0 Å². The normalized spacial score (nSPS) is 11.0. The van der Waals surface area contributed by atoms with Gasteiger partial charge in [-0.05, 0) is 18.2 Å². The molecule has 92 valence electrons. The van der Waals surface area contributed by atoms with Gasteiger partial charge in [-0.25, -0.2) is 0 Å². The van der Waals surface area contributed by atoms with Crippen molar-refractivity contribution in [2.45, 2.75) is 0 Å². The number of hydrogen-bond donors (Lipinski definition) is 1. The lowest BCUT2D eigenvalue weighted by atomic mass is 10.2. The van der Waals surface area contributed by atoms with Crippen molar-refractivity contribution >= 4 is 29.4 Å². The summed E-state index contributed by atoms with van der Waals surface area (Å²) < 4.78 is 1.34. The van der Waals surface area contributed by atoms with Gasteiger partial charge in [-0.1, -0.05) is 40.5 Å². The average molecular weight is 283 g/mol. The molecule has 0 amide bonds. The summed E-state index contributed by atoms with van der Waals surface area (Å²) in [6.07, 6.45) is 2.51. The molecule has 0 spiro atoms. The van der Waals surface area contributed by atoms with E-state index in [0.29, 0.717) is 10.7 Å². The van der Waals surface area contributed by atoms with Crippen molar-refractivity contribution in [1.82, 2.24) is 4.57 Å². The zero-order chi connectivity index (χ0) is 13.1. The van der Waals surface area contributed by atoms with E-state index in [0.717, 1.165) is 6.21 Å². The Morgan fingerprint density at radius 1 is 1.17 bits per heavy atom. The van der Waals surface area contributed by atoms with Crippen LogP contribution in [0.25, 0.3) is 5.69 Å². The van der Waals surface area contributed by atoms with E-state index in [9.17, 15) is 4.79 Å². The fourth-order valence-corrected chi connectivity index (χ4v) is 1.95. The molecule has 0 fully saturated rings. The lowest BCUT2D eigenvalue weighted by Crippen LogP contribution is -2.22. The molecule has 0 radical (unpaired) electrons. The minimum atomic E-state index is -0.409. The standard InChI is InChI=1S/C12H8Cl2N2O2/c13-9-5-6-16(12(17)8(9)7-15-18)11-4-2-1-3-10(11)14/h1-7,18H/b15-7-. The monoisotopic (exact) mass is 282 g/mol. The van der Waals surface area contributed by atoms with E-state index in [1.807, 2.05) is 0 Å². The largest absolute Gasteiger partial charge is 0.411 e. The van der Waals surface area contributed by atoms with E-state index in [2.05, 4.69) is 5.16 Å². The number of nitrogens with zero attached hydrogens (tertiary/aromatic N) is 2. The molecule has 18 heavy (non-hydrogen) atoms. The van der Waals surface area contributed by atoms with Crippen LogP contribution in [-0.2, 0) is 0 Å². The molecule has 1 N–H and O–H groups in total. The highest BCUT2D eigenvalue weighted by atomic mass is 35.5. The highest BCUT2D eigenvalue weighted by molar-refractivity contribution is 6.33. The molecule has 0 bridgehead atoms. The summed E-state index contributed by atoms with van der Waals surface area (Å²) in [6, 6.07) is 8.45. The van der Waals surface area contributed by atoms with Gasteiger partial charge >= 0.3 is 0 Å². The second kappa shape index (κ2) is 5.25. The summed E-state index contributed by atoms with van der Waals surface area (Å²) in [5, 5.41) is 12.0. The minimum absolute atomic E-state index is 0.0987. The van der Waals surface area contributed by atoms with Crippen LogP contribution in [0, 0.1) is 0 Å². The third-order valence-electron chi connectivity index (χ3n) is 2.38.